The van der Waals surface area contributed by atoms with Crippen LogP contribution in [0.5, 0.6) is 11.5 Å². The quantitative estimate of drug-likeness (QED) is 0.0929. The summed E-state index contributed by atoms with van der Waals surface area (Å²) in [5.74, 6) is 1.79. The molecule has 4 aromatic rings. The molecule has 0 N–H and O–H groups in total. The first-order chi connectivity index (χ1) is 18.3. The Hall–Kier alpha value is -3.30. The van der Waals surface area contributed by atoms with Gasteiger partial charge in [-0.25, -0.2) is 0 Å². The van der Waals surface area contributed by atoms with Gasteiger partial charge in [0.1, 0.15) is 18.1 Å². The molecule has 0 aromatic heterocycles. The van der Waals surface area contributed by atoms with Gasteiger partial charge < -0.3 is 9.47 Å². The minimum Gasteiger partial charge on any atom is -0.494 e. The summed E-state index contributed by atoms with van der Waals surface area (Å²) < 4.78 is 12.0. The second-order valence-corrected chi connectivity index (χ2v) is 9.79. The molecule has 2 nitrogen and oxygen atoms in total. The largest absolute Gasteiger partial charge is 0.494 e. The number of halogens is 1. The molecule has 0 heterocycles. The first-order valence-electron chi connectivity index (χ1n) is 13.1. The molecule has 0 aliphatic carbocycles. The predicted octanol–water partition coefficient (Wildman–Crippen LogP) is 9.58. The molecule has 0 saturated carbocycles. The van der Waals surface area contributed by atoms with Crippen molar-refractivity contribution in [3.8, 4) is 11.5 Å². The number of hydrogen-bond donors (Lipinski definition) is 0. The Labute approximate surface area is 230 Å². The standard InChI is InChI=1S/C34H35BrO2/c1-2-33(28-14-8-4-9-15-28)34(29-16-20-31(21-17-29)36-25-11-5-10-24-35)30-18-22-32(23-19-30)37-26-27-12-6-3-7-13-27/h3-4,6-9,12-23H,2,5,10-11,24-26H2,1H3/b34-33-. The summed E-state index contributed by atoms with van der Waals surface area (Å²) >= 11 is 3.49. The highest BCUT2D eigenvalue weighted by Crippen LogP contribution is 2.35. The summed E-state index contributed by atoms with van der Waals surface area (Å²) in [6.45, 7) is 3.54. The van der Waals surface area contributed by atoms with Gasteiger partial charge in [-0.1, -0.05) is 108 Å². The smallest absolute Gasteiger partial charge is 0.119 e. The summed E-state index contributed by atoms with van der Waals surface area (Å²) in [5.41, 5.74) is 7.34. The lowest BCUT2D eigenvalue weighted by molar-refractivity contribution is 0.306. The number of benzene rings is 4. The lowest BCUT2D eigenvalue weighted by Gasteiger charge is -2.17. The molecule has 0 atom stereocenters. The Bertz CT molecular complexity index is 1230. The zero-order valence-electron chi connectivity index (χ0n) is 21.5. The molecule has 0 amide bonds. The first-order valence-corrected chi connectivity index (χ1v) is 14.3. The van der Waals surface area contributed by atoms with Gasteiger partial charge in [-0.05, 0) is 83.3 Å². The van der Waals surface area contributed by atoms with E-state index in [9.17, 15) is 0 Å². The van der Waals surface area contributed by atoms with Gasteiger partial charge in [-0.15, -0.1) is 0 Å². The van der Waals surface area contributed by atoms with Crippen LogP contribution in [0.15, 0.2) is 109 Å². The maximum Gasteiger partial charge on any atom is 0.119 e. The topological polar surface area (TPSA) is 18.5 Å². The van der Waals surface area contributed by atoms with E-state index in [0.29, 0.717) is 6.61 Å². The molecule has 4 aromatic carbocycles. The lowest BCUT2D eigenvalue weighted by atomic mass is 9.88. The van der Waals surface area contributed by atoms with E-state index >= 15 is 0 Å². The van der Waals surface area contributed by atoms with Crippen molar-refractivity contribution >= 4 is 27.1 Å². The maximum atomic E-state index is 6.05. The number of rotatable bonds is 13. The van der Waals surface area contributed by atoms with Gasteiger partial charge in [0, 0.05) is 5.33 Å². The van der Waals surface area contributed by atoms with Crippen molar-refractivity contribution in [2.45, 2.75) is 39.2 Å². The van der Waals surface area contributed by atoms with Crippen LogP contribution >= 0.6 is 15.9 Å². The van der Waals surface area contributed by atoms with Crippen molar-refractivity contribution in [3.05, 3.63) is 131 Å². The molecular weight excluding hydrogens is 520 g/mol. The number of unbranched alkanes of at least 4 members (excludes halogenated alkanes) is 2. The average molecular weight is 556 g/mol. The summed E-state index contributed by atoms with van der Waals surface area (Å²) in [4.78, 5) is 0. The highest BCUT2D eigenvalue weighted by Gasteiger charge is 2.13. The maximum absolute atomic E-state index is 6.05. The van der Waals surface area contributed by atoms with Gasteiger partial charge >= 0.3 is 0 Å². The average Bonchev–Trinajstić information content (AvgIpc) is 2.96. The molecule has 37 heavy (non-hydrogen) atoms. The fraction of sp³-hybridized carbons (Fsp3) is 0.235. The summed E-state index contributed by atoms with van der Waals surface area (Å²) in [6.07, 6.45) is 4.37. The highest BCUT2D eigenvalue weighted by atomic mass is 79.9. The van der Waals surface area contributed by atoms with Crippen LogP contribution in [-0.4, -0.2) is 11.9 Å². The number of allylic oxidation sites excluding steroid dienone is 1. The third-order valence-electron chi connectivity index (χ3n) is 6.36. The molecule has 190 valence electrons. The zero-order chi connectivity index (χ0) is 25.7. The number of hydrogen-bond acceptors (Lipinski definition) is 2. The Morgan fingerprint density at radius 3 is 1.73 bits per heavy atom. The summed E-state index contributed by atoms with van der Waals surface area (Å²) in [6, 6.07) is 38.0. The Kier molecular flexibility index (Phi) is 10.4. The van der Waals surface area contributed by atoms with E-state index in [2.05, 4.69) is 114 Å². The molecule has 3 heteroatoms. The van der Waals surface area contributed by atoms with E-state index in [0.717, 1.165) is 41.8 Å². The van der Waals surface area contributed by atoms with E-state index in [-0.39, 0.29) is 0 Å². The fourth-order valence-electron chi connectivity index (χ4n) is 4.42. The van der Waals surface area contributed by atoms with Crippen molar-refractivity contribution in [3.63, 3.8) is 0 Å². The number of alkyl halides is 1. The van der Waals surface area contributed by atoms with Gasteiger partial charge in [-0.3, -0.25) is 0 Å². The molecule has 0 spiro atoms. The zero-order valence-corrected chi connectivity index (χ0v) is 23.1. The number of ether oxygens (including phenoxy) is 2. The van der Waals surface area contributed by atoms with Gasteiger partial charge in [0.2, 0.25) is 0 Å². The van der Waals surface area contributed by atoms with Crippen molar-refractivity contribution in [1.29, 1.82) is 0 Å². The molecule has 0 saturated heterocycles. The van der Waals surface area contributed by atoms with Crippen LogP contribution < -0.4 is 9.47 Å². The third kappa shape index (κ3) is 7.84. The van der Waals surface area contributed by atoms with Gasteiger partial charge in [0.05, 0.1) is 6.61 Å². The van der Waals surface area contributed by atoms with Crippen LogP contribution in [0.2, 0.25) is 0 Å². The van der Waals surface area contributed by atoms with Gasteiger partial charge in [0.15, 0.2) is 0 Å². The van der Waals surface area contributed by atoms with Gasteiger partial charge in [0.25, 0.3) is 0 Å². The predicted molar refractivity (Wildman–Crippen MR) is 159 cm³/mol. The van der Waals surface area contributed by atoms with Crippen molar-refractivity contribution in [1.82, 2.24) is 0 Å². The summed E-state index contributed by atoms with van der Waals surface area (Å²) in [7, 11) is 0. The minimum absolute atomic E-state index is 0.560. The second-order valence-electron chi connectivity index (χ2n) is 8.99. The lowest BCUT2D eigenvalue weighted by Crippen LogP contribution is -1.99. The van der Waals surface area contributed by atoms with Crippen LogP contribution in [0.3, 0.4) is 0 Å². The van der Waals surface area contributed by atoms with Gasteiger partial charge in [-0.2, -0.15) is 0 Å². The highest BCUT2D eigenvalue weighted by molar-refractivity contribution is 9.09. The van der Waals surface area contributed by atoms with Crippen molar-refractivity contribution in [2.24, 2.45) is 0 Å². The molecule has 0 fully saturated rings. The normalized spacial score (nSPS) is 11.6. The summed E-state index contributed by atoms with van der Waals surface area (Å²) in [5, 5.41) is 1.05. The van der Waals surface area contributed by atoms with Crippen LogP contribution in [0.25, 0.3) is 11.1 Å². The Morgan fingerprint density at radius 1 is 0.595 bits per heavy atom. The van der Waals surface area contributed by atoms with Crippen LogP contribution in [0, 0.1) is 0 Å². The monoisotopic (exact) mass is 554 g/mol. The minimum atomic E-state index is 0.560. The van der Waals surface area contributed by atoms with Crippen LogP contribution in [0.4, 0.5) is 0 Å². The van der Waals surface area contributed by atoms with E-state index in [4.69, 9.17) is 9.47 Å². The molecule has 0 bridgehead atoms. The molecule has 0 radical (unpaired) electrons. The molecule has 0 aliphatic heterocycles. The fourth-order valence-corrected chi connectivity index (χ4v) is 4.82. The molecule has 4 rings (SSSR count). The molecule has 0 unspecified atom stereocenters. The van der Waals surface area contributed by atoms with E-state index in [1.54, 1.807) is 0 Å². The van der Waals surface area contributed by atoms with Crippen molar-refractivity contribution < 1.29 is 9.47 Å². The van der Waals surface area contributed by atoms with Crippen LogP contribution in [0.1, 0.15) is 54.9 Å². The van der Waals surface area contributed by atoms with Crippen LogP contribution in [-0.2, 0) is 6.61 Å². The SMILES string of the molecule is CC/C(=C(\c1ccc(OCCCCCBr)cc1)c1ccc(OCc2ccccc2)cc1)c1ccccc1. The Morgan fingerprint density at radius 2 is 1.16 bits per heavy atom. The third-order valence-corrected chi connectivity index (χ3v) is 6.92. The molecular formula is C34H35BrO2. The molecule has 0 aliphatic rings. The van der Waals surface area contributed by atoms with E-state index in [1.807, 2.05) is 18.2 Å². The van der Waals surface area contributed by atoms with E-state index < -0.39 is 0 Å². The van der Waals surface area contributed by atoms with E-state index in [1.165, 1.54) is 40.7 Å². The first kappa shape index (κ1) is 26.8. The Balaban J connectivity index is 1.59. The second kappa shape index (κ2) is 14.4. The van der Waals surface area contributed by atoms with Crippen molar-refractivity contribution in [2.75, 3.05) is 11.9 Å².